The molecule has 0 saturated carbocycles. The fourth-order valence-corrected chi connectivity index (χ4v) is 1.24. The summed E-state index contributed by atoms with van der Waals surface area (Å²) in [5, 5.41) is 13.0. The highest BCUT2D eigenvalue weighted by Crippen LogP contribution is 2.07. The summed E-state index contributed by atoms with van der Waals surface area (Å²) in [7, 11) is 0. The minimum Gasteiger partial charge on any atom is -0.460 e. The lowest BCUT2D eigenvalue weighted by Gasteiger charge is -2.09. The van der Waals surface area contributed by atoms with Gasteiger partial charge in [0.1, 0.15) is 0 Å². The number of nitrogens with zero attached hydrogens (tertiary/aromatic N) is 1. The Morgan fingerprint density at radius 2 is 2.00 bits per heavy atom. The maximum absolute atomic E-state index is 11.6. The van der Waals surface area contributed by atoms with Gasteiger partial charge in [0.2, 0.25) is 0 Å². The van der Waals surface area contributed by atoms with Crippen molar-refractivity contribution in [3.63, 3.8) is 0 Å². The van der Waals surface area contributed by atoms with Gasteiger partial charge in [0.05, 0.1) is 6.61 Å². The van der Waals surface area contributed by atoms with E-state index in [4.69, 9.17) is 0 Å². The standard InChI is InChI=1S/C11H12N2O5/c1-2-18-11(15)9(13(16)17)10(14)12-8-6-4-3-5-7-8/h3-7,9H,2H2,1H3,(H,12,14)/t9-/m0/s1. The molecule has 0 aliphatic carbocycles. The highest BCUT2D eigenvalue weighted by Gasteiger charge is 2.39. The number of hydrogen-bond acceptors (Lipinski definition) is 5. The smallest absolute Gasteiger partial charge is 0.392 e. The normalized spacial score (nSPS) is 11.4. The number of benzene rings is 1. The molecule has 7 heteroatoms. The second kappa shape index (κ2) is 6.33. The van der Waals surface area contributed by atoms with Crippen LogP contribution in [0.2, 0.25) is 0 Å². The van der Waals surface area contributed by atoms with Gasteiger partial charge in [-0.2, -0.15) is 0 Å². The number of rotatable bonds is 5. The van der Waals surface area contributed by atoms with Crippen LogP contribution in [0.3, 0.4) is 0 Å². The van der Waals surface area contributed by atoms with Gasteiger partial charge in [-0.3, -0.25) is 14.9 Å². The van der Waals surface area contributed by atoms with Crippen LogP contribution in [0.1, 0.15) is 6.92 Å². The Labute approximate surface area is 103 Å². The molecule has 1 rings (SSSR count). The van der Waals surface area contributed by atoms with Crippen LogP contribution < -0.4 is 5.32 Å². The number of ether oxygens (including phenoxy) is 1. The Hall–Kier alpha value is -2.44. The summed E-state index contributed by atoms with van der Waals surface area (Å²) < 4.78 is 4.48. The SMILES string of the molecule is CCOC(=O)[C@H](C(=O)Nc1ccccc1)[N+](=O)[O-]. The molecule has 0 fully saturated rings. The zero-order valence-electron chi connectivity index (χ0n) is 9.66. The van der Waals surface area contributed by atoms with E-state index in [-0.39, 0.29) is 6.61 Å². The average molecular weight is 252 g/mol. The van der Waals surface area contributed by atoms with Gasteiger partial charge >= 0.3 is 17.9 Å². The summed E-state index contributed by atoms with van der Waals surface area (Å²) >= 11 is 0. The summed E-state index contributed by atoms with van der Waals surface area (Å²) in [6.07, 6.45) is 0. The molecule has 1 aromatic rings. The first-order chi connectivity index (χ1) is 8.56. The summed E-state index contributed by atoms with van der Waals surface area (Å²) in [5.41, 5.74) is 0.374. The van der Waals surface area contributed by atoms with Crippen molar-refractivity contribution in [2.75, 3.05) is 11.9 Å². The lowest BCUT2D eigenvalue weighted by molar-refractivity contribution is -0.496. The third-order valence-electron chi connectivity index (χ3n) is 2.01. The number of para-hydroxylation sites is 1. The molecule has 0 radical (unpaired) electrons. The number of nitro groups is 1. The van der Waals surface area contributed by atoms with E-state index in [0.717, 1.165) is 0 Å². The van der Waals surface area contributed by atoms with Crippen LogP contribution >= 0.6 is 0 Å². The third-order valence-corrected chi connectivity index (χ3v) is 2.01. The number of amides is 1. The largest absolute Gasteiger partial charge is 0.460 e. The molecule has 7 nitrogen and oxygen atoms in total. The first-order valence-corrected chi connectivity index (χ1v) is 5.22. The Kier molecular flexibility index (Phi) is 4.79. The molecular formula is C11H12N2O5. The lowest BCUT2D eigenvalue weighted by Crippen LogP contribution is -2.42. The Bertz CT molecular complexity index is 446. The highest BCUT2D eigenvalue weighted by atomic mass is 16.6. The van der Waals surface area contributed by atoms with Gasteiger partial charge in [0.15, 0.2) is 0 Å². The number of anilines is 1. The predicted octanol–water partition coefficient (Wildman–Crippen LogP) is 0.833. The van der Waals surface area contributed by atoms with Crippen molar-refractivity contribution >= 4 is 17.6 Å². The van der Waals surface area contributed by atoms with Crippen molar-refractivity contribution in [2.24, 2.45) is 0 Å². The molecule has 1 N–H and O–H groups in total. The Morgan fingerprint density at radius 1 is 1.39 bits per heavy atom. The van der Waals surface area contributed by atoms with E-state index in [1.165, 1.54) is 6.92 Å². The maximum atomic E-state index is 11.6. The van der Waals surface area contributed by atoms with Crippen molar-refractivity contribution in [1.82, 2.24) is 0 Å². The maximum Gasteiger partial charge on any atom is 0.392 e. The predicted molar refractivity (Wildman–Crippen MR) is 62.5 cm³/mol. The minimum atomic E-state index is -2.05. The van der Waals surface area contributed by atoms with Crippen molar-refractivity contribution < 1.29 is 19.2 Å². The molecule has 0 unspecified atom stereocenters. The van der Waals surface area contributed by atoms with Crippen LogP contribution in [0, 0.1) is 10.1 Å². The van der Waals surface area contributed by atoms with E-state index in [0.29, 0.717) is 5.69 Å². The molecule has 1 atom stereocenters. The number of carbonyl (C=O) groups is 2. The molecule has 96 valence electrons. The zero-order chi connectivity index (χ0) is 13.5. The van der Waals surface area contributed by atoms with Crippen LogP contribution in [0.5, 0.6) is 0 Å². The number of carbonyl (C=O) groups excluding carboxylic acids is 2. The molecular weight excluding hydrogens is 240 g/mol. The van der Waals surface area contributed by atoms with Crippen LogP contribution in [0.15, 0.2) is 30.3 Å². The molecule has 0 aliphatic rings. The summed E-state index contributed by atoms with van der Waals surface area (Å²) in [5.74, 6) is -2.19. The van der Waals surface area contributed by atoms with Crippen molar-refractivity contribution in [3.05, 3.63) is 40.4 Å². The monoisotopic (exact) mass is 252 g/mol. The average Bonchev–Trinajstić information content (AvgIpc) is 2.30. The number of hydrogen-bond donors (Lipinski definition) is 1. The molecule has 1 amide bonds. The van der Waals surface area contributed by atoms with Crippen LogP contribution in [0.4, 0.5) is 5.69 Å². The van der Waals surface area contributed by atoms with Crippen molar-refractivity contribution in [3.8, 4) is 0 Å². The molecule has 18 heavy (non-hydrogen) atoms. The minimum absolute atomic E-state index is 0.0260. The van der Waals surface area contributed by atoms with E-state index >= 15 is 0 Å². The Balaban J connectivity index is 2.78. The molecule has 0 bridgehead atoms. The molecule has 0 aliphatic heterocycles. The quantitative estimate of drug-likeness (QED) is 0.362. The van der Waals surface area contributed by atoms with Gasteiger partial charge in [0.25, 0.3) is 0 Å². The van der Waals surface area contributed by atoms with Gasteiger partial charge in [-0.05, 0) is 19.1 Å². The van der Waals surface area contributed by atoms with Crippen LogP contribution in [0.25, 0.3) is 0 Å². The van der Waals surface area contributed by atoms with E-state index in [9.17, 15) is 19.7 Å². The van der Waals surface area contributed by atoms with Crippen LogP contribution in [-0.4, -0.2) is 29.4 Å². The van der Waals surface area contributed by atoms with E-state index in [1.54, 1.807) is 30.3 Å². The van der Waals surface area contributed by atoms with E-state index in [1.807, 2.05) is 0 Å². The van der Waals surface area contributed by atoms with Crippen LogP contribution in [-0.2, 0) is 14.3 Å². The van der Waals surface area contributed by atoms with E-state index in [2.05, 4.69) is 10.1 Å². The third kappa shape index (κ3) is 3.55. The van der Waals surface area contributed by atoms with Gasteiger partial charge in [0, 0.05) is 10.6 Å². The molecule has 0 heterocycles. The molecule has 1 aromatic carbocycles. The highest BCUT2D eigenvalue weighted by molar-refractivity contribution is 6.07. The fraction of sp³-hybridized carbons (Fsp3) is 0.273. The van der Waals surface area contributed by atoms with Gasteiger partial charge < -0.3 is 10.1 Å². The summed E-state index contributed by atoms with van der Waals surface area (Å²) in [4.78, 5) is 32.6. The Morgan fingerprint density at radius 3 is 2.50 bits per heavy atom. The van der Waals surface area contributed by atoms with Gasteiger partial charge in [-0.15, -0.1) is 0 Å². The second-order valence-electron chi connectivity index (χ2n) is 3.30. The first-order valence-electron chi connectivity index (χ1n) is 5.22. The number of esters is 1. The van der Waals surface area contributed by atoms with Gasteiger partial charge in [-0.1, -0.05) is 18.2 Å². The van der Waals surface area contributed by atoms with Crippen molar-refractivity contribution in [2.45, 2.75) is 13.0 Å². The second-order valence-corrected chi connectivity index (χ2v) is 3.30. The number of nitrogens with one attached hydrogen (secondary N) is 1. The van der Waals surface area contributed by atoms with Crippen molar-refractivity contribution in [1.29, 1.82) is 0 Å². The summed E-state index contributed by atoms with van der Waals surface area (Å²) in [6, 6.07) is 6.10. The topological polar surface area (TPSA) is 98.5 Å². The molecule has 0 aromatic heterocycles. The fourth-order valence-electron chi connectivity index (χ4n) is 1.24. The van der Waals surface area contributed by atoms with Gasteiger partial charge in [-0.25, -0.2) is 4.79 Å². The molecule has 0 spiro atoms. The summed E-state index contributed by atoms with van der Waals surface area (Å²) in [6.45, 7) is 1.48. The zero-order valence-corrected chi connectivity index (χ0v) is 9.66. The first kappa shape index (κ1) is 13.6. The lowest BCUT2D eigenvalue weighted by atomic mass is 10.2. The van der Waals surface area contributed by atoms with E-state index < -0.39 is 22.8 Å². The molecule has 0 saturated heterocycles.